The molecule has 0 aliphatic carbocycles. The van der Waals surface area contributed by atoms with Crippen molar-refractivity contribution < 1.29 is 22.7 Å². The van der Waals surface area contributed by atoms with E-state index in [0.29, 0.717) is 19.7 Å². The first kappa shape index (κ1) is 25.6. The average Bonchev–Trinajstić information content (AvgIpc) is 2.77. The van der Waals surface area contributed by atoms with Crippen molar-refractivity contribution in [3.63, 3.8) is 0 Å². The van der Waals surface area contributed by atoms with Crippen molar-refractivity contribution in [3.8, 4) is 11.5 Å². The van der Waals surface area contributed by atoms with Crippen molar-refractivity contribution in [2.45, 2.75) is 25.3 Å². The van der Waals surface area contributed by atoms with Gasteiger partial charge in [0.2, 0.25) is 10.0 Å². The summed E-state index contributed by atoms with van der Waals surface area (Å²) in [5, 5.41) is 2.84. The van der Waals surface area contributed by atoms with Crippen molar-refractivity contribution in [2.24, 2.45) is 0 Å². The molecule has 0 heterocycles. The Morgan fingerprint density at radius 3 is 2.41 bits per heavy atom. The molecule has 0 saturated heterocycles. The number of amides is 1. The number of carbonyl (C=O) groups excluding carboxylic acids is 1. The second-order valence-corrected chi connectivity index (χ2v) is 9.34. The van der Waals surface area contributed by atoms with Crippen LogP contribution < -0.4 is 14.8 Å². The summed E-state index contributed by atoms with van der Waals surface area (Å²) >= 11 is 0. The highest BCUT2D eigenvalue weighted by atomic mass is 32.2. The second-order valence-electron chi connectivity index (χ2n) is 7.44. The number of benzene rings is 2. The van der Waals surface area contributed by atoms with Gasteiger partial charge in [0.15, 0.2) is 0 Å². The van der Waals surface area contributed by atoms with Gasteiger partial charge in [0.05, 0.1) is 7.11 Å². The van der Waals surface area contributed by atoms with Gasteiger partial charge in [-0.2, -0.15) is 4.31 Å². The maximum absolute atomic E-state index is 13.0. The predicted molar refractivity (Wildman–Crippen MR) is 125 cm³/mol. The van der Waals surface area contributed by atoms with Gasteiger partial charge in [-0.05, 0) is 50.0 Å². The van der Waals surface area contributed by atoms with Crippen LogP contribution in [0, 0.1) is 0 Å². The van der Waals surface area contributed by atoms with Crippen molar-refractivity contribution in [1.82, 2.24) is 14.5 Å². The SMILES string of the molecule is CCN(CC)S(=O)(=O)c1cc(C(=O)NCc2cccc(OCCN(C)C)c2)ccc1OC. The van der Waals surface area contributed by atoms with Gasteiger partial charge >= 0.3 is 0 Å². The Kier molecular flexibility index (Phi) is 9.49. The maximum Gasteiger partial charge on any atom is 0.251 e. The minimum atomic E-state index is -3.78. The van der Waals surface area contributed by atoms with E-state index in [1.165, 1.54) is 23.5 Å². The molecule has 0 radical (unpaired) electrons. The molecule has 0 atom stereocenters. The molecule has 1 N–H and O–H groups in total. The topological polar surface area (TPSA) is 88.2 Å². The quantitative estimate of drug-likeness (QED) is 0.521. The van der Waals surface area contributed by atoms with Crippen molar-refractivity contribution in [1.29, 1.82) is 0 Å². The molecule has 0 aromatic heterocycles. The van der Waals surface area contributed by atoms with Crippen LogP contribution in [0.25, 0.3) is 0 Å². The fourth-order valence-electron chi connectivity index (χ4n) is 3.10. The van der Waals surface area contributed by atoms with Crippen molar-refractivity contribution >= 4 is 15.9 Å². The normalized spacial score (nSPS) is 11.6. The highest BCUT2D eigenvalue weighted by molar-refractivity contribution is 7.89. The molecule has 32 heavy (non-hydrogen) atoms. The van der Waals surface area contributed by atoms with E-state index in [-0.39, 0.29) is 28.7 Å². The minimum Gasteiger partial charge on any atom is -0.495 e. The van der Waals surface area contributed by atoms with Crippen LogP contribution in [0.1, 0.15) is 29.8 Å². The van der Waals surface area contributed by atoms with E-state index in [2.05, 4.69) is 5.32 Å². The van der Waals surface area contributed by atoms with Crippen LogP contribution in [0.15, 0.2) is 47.4 Å². The van der Waals surface area contributed by atoms with Gasteiger partial charge in [-0.1, -0.05) is 26.0 Å². The minimum absolute atomic E-state index is 0.0207. The van der Waals surface area contributed by atoms with Crippen molar-refractivity contribution in [2.75, 3.05) is 47.4 Å². The first-order valence-electron chi connectivity index (χ1n) is 10.6. The first-order chi connectivity index (χ1) is 15.2. The lowest BCUT2D eigenvalue weighted by Crippen LogP contribution is -2.31. The van der Waals surface area contributed by atoms with Gasteiger partial charge in [0.1, 0.15) is 23.0 Å². The Morgan fingerprint density at radius 1 is 1.06 bits per heavy atom. The van der Waals surface area contributed by atoms with Crippen LogP contribution >= 0.6 is 0 Å². The summed E-state index contributed by atoms with van der Waals surface area (Å²) in [6, 6.07) is 11.9. The van der Waals surface area contributed by atoms with Gasteiger partial charge < -0.3 is 19.7 Å². The van der Waals surface area contributed by atoms with Crippen LogP contribution in [0.5, 0.6) is 11.5 Å². The van der Waals surface area contributed by atoms with E-state index in [9.17, 15) is 13.2 Å². The molecule has 0 aliphatic rings. The zero-order valence-corrected chi connectivity index (χ0v) is 20.2. The molecule has 8 nitrogen and oxygen atoms in total. The summed E-state index contributed by atoms with van der Waals surface area (Å²) in [5.74, 6) is 0.564. The lowest BCUT2D eigenvalue weighted by atomic mass is 10.2. The molecule has 0 unspecified atom stereocenters. The molecule has 0 fully saturated rings. The van der Waals surface area contributed by atoms with Gasteiger partial charge in [-0.15, -0.1) is 0 Å². The summed E-state index contributed by atoms with van der Waals surface area (Å²) in [6.07, 6.45) is 0. The van der Waals surface area contributed by atoms with Crippen molar-refractivity contribution in [3.05, 3.63) is 53.6 Å². The van der Waals surface area contributed by atoms with Crippen LogP contribution in [0.2, 0.25) is 0 Å². The molecule has 9 heteroatoms. The van der Waals surface area contributed by atoms with E-state index in [1.807, 2.05) is 43.3 Å². The number of rotatable bonds is 12. The van der Waals surface area contributed by atoms with E-state index in [0.717, 1.165) is 17.9 Å². The van der Waals surface area contributed by atoms with Gasteiger partial charge in [0.25, 0.3) is 5.91 Å². The number of nitrogens with one attached hydrogen (secondary N) is 1. The van der Waals surface area contributed by atoms with Crippen LogP contribution in [0.3, 0.4) is 0 Å². The molecule has 0 aliphatic heterocycles. The van der Waals surface area contributed by atoms with Crippen LogP contribution in [-0.2, 0) is 16.6 Å². The molecule has 2 aromatic rings. The Hall–Kier alpha value is -2.62. The summed E-state index contributed by atoms with van der Waals surface area (Å²) in [6.45, 7) is 5.84. The number of ether oxygens (including phenoxy) is 2. The first-order valence-corrected chi connectivity index (χ1v) is 12.0. The van der Waals surface area contributed by atoms with E-state index < -0.39 is 10.0 Å². The molecule has 176 valence electrons. The highest BCUT2D eigenvalue weighted by Gasteiger charge is 2.26. The Bertz CT molecular complexity index is 1000. The zero-order chi connectivity index (χ0) is 23.7. The lowest BCUT2D eigenvalue weighted by Gasteiger charge is -2.20. The molecule has 0 saturated carbocycles. The molecule has 0 bridgehead atoms. The number of hydrogen-bond acceptors (Lipinski definition) is 6. The number of carbonyl (C=O) groups is 1. The average molecular weight is 464 g/mol. The Labute approximate surface area is 191 Å². The Morgan fingerprint density at radius 2 is 1.78 bits per heavy atom. The highest BCUT2D eigenvalue weighted by Crippen LogP contribution is 2.28. The third kappa shape index (κ3) is 6.69. The van der Waals surface area contributed by atoms with Gasteiger partial charge in [-0.25, -0.2) is 8.42 Å². The fourth-order valence-corrected chi connectivity index (χ4v) is 4.74. The molecule has 2 aromatic carbocycles. The number of methoxy groups -OCH3 is 1. The Balaban J connectivity index is 2.14. The predicted octanol–water partition coefficient (Wildman–Crippen LogP) is 2.60. The van der Waals surface area contributed by atoms with E-state index in [1.54, 1.807) is 19.9 Å². The summed E-state index contributed by atoms with van der Waals surface area (Å²) in [7, 11) is 1.59. The molecule has 2 rings (SSSR count). The summed E-state index contributed by atoms with van der Waals surface area (Å²) < 4.78 is 38.3. The molecular formula is C23H33N3O5S. The second kappa shape index (κ2) is 11.8. The molecule has 1 amide bonds. The smallest absolute Gasteiger partial charge is 0.251 e. The number of hydrogen-bond donors (Lipinski definition) is 1. The standard InChI is InChI=1S/C23H33N3O5S/c1-6-26(7-2)32(28,29)22-16-19(11-12-21(22)30-5)23(27)24-17-18-9-8-10-20(15-18)31-14-13-25(3)4/h8-12,15-16H,6-7,13-14,17H2,1-5H3,(H,24,27). The lowest BCUT2D eigenvalue weighted by molar-refractivity contribution is 0.0950. The third-order valence-corrected chi connectivity index (χ3v) is 6.98. The zero-order valence-electron chi connectivity index (χ0n) is 19.4. The third-order valence-electron chi connectivity index (χ3n) is 4.91. The largest absolute Gasteiger partial charge is 0.495 e. The number of likely N-dealkylation sites (N-methyl/N-ethyl adjacent to an activating group) is 1. The fraction of sp³-hybridized carbons (Fsp3) is 0.435. The van der Waals surface area contributed by atoms with E-state index >= 15 is 0 Å². The molecular weight excluding hydrogens is 430 g/mol. The molecule has 0 spiro atoms. The van der Waals surface area contributed by atoms with Gasteiger partial charge in [0, 0.05) is 31.7 Å². The summed E-state index contributed by atoms with van der Waals surface area (Å²) in [5.41, 5.74) is 1.13. The van der Waals surface area contributed by atoms with Crippen LogP contribution in [-0.4, -0.2) is 71.0 Å². The monoisotopic (exact) mass is 463 g/mol. The van der Waals surface area contributed by atoms with Gasteiger partial charge in [-0.3, -0.25) is 4.79 Å². The summed E-state index contributed by atoms with van der Waals surface area (Å²) in [4.78, 5) is 14.8. The number of nitrogens with zero attached hydrogens (tertiary/aromatic N) is 2. The maximum atomic E-state index is 13.0. The van der Waals surface area contributed by atoms with Crippen LogP contribution in [0.4, 0.5) is 0 Å². The number of sulfonamides is 1. The van der Waals surface area contributed by atoms with E-state index in [4.69, 9.17) is 9.47 Å².